The number of nitriles is 1. The van der Waals surface area contributed by atoms with Crippen molar-refractivity contribution in [2.45, 2.75) is 36.2 Å². The lowest BCUT2D eigenvalue weighted by atomic mass is 9.90. The fourth-order valence-corrected chi connectivity index (χ4v) is 3.24. The van der Waals surface area contributed by atoms with E-state index in [-0.39, 0.29) is 11.5 Å². The summed E-state index contributed by atoms with van der Waals surface area (Å²) in [5, 5.41) is 12.8. The number of hydrogen-bond acceptors (Lipinski definition) is 6. The van der Waals surface area contributed by atoms with E-state index >= 15 is 0 Å². The van der Waals surface area contributed by atoms with Crippen molar-refractivity contribution < 1.29 is 14.3 Å². The maximum absolute atomic E-state index is 12.5. The van der Waals surface area contributed by atoms with Gasteiger partial charge in [0.2, 0.25) is 0 Å². The summed E-state index contributed by atoms with van der Waals surface area (Å²) < 4.78 is 5.12. The lowest BCUT2D eigenvalue weighted by molar-refractivity contribution is -0.125. The number of pyridine rings is 1. The molecule has 8 heteroatoms. The highest BCUT2D eigenvalue weighted by Gasteiger charge is 2.30. The standard InChI is InChI=1S/C20H20ClN3O3S/c1-13(2)20(3,12-22)24-17(25)11-27-19(26)14-7-6-10-23-18(14)28-16-9-5-4-8-15(16)21/h4-10,13H,11H2,1-3H3,(H,24,25)/t20-/m0/s1. The molecule has 0 fully saturated rings. The second-order valence-electron chi connectivity index (χ2n) is 6.48. The number of nitrogens with one attached hydrogen (secondary N) is 1. The maximum atomic E-state index is 12.5. The zero-order valence-electron chi connectivity index (χ0n) is 15.7. The number of carbonyl (C=O) groups is 2. The van der Waals surface area contributed by atoms with Crippen LogP contribution in [-0.4, -0.2) is 29.0 Å². The first-order chi connectivity index (χ1) is 13.3. The van der Waals surface area contributed by atoms with Crippen LogP contribution in [0, 0.1) is 17.2 Å². The topological polar surface area (TPSA) is 92.1 Å². The predicted molar refractivity (Wildman–Crippen MR) is 107 cm³/mol. The van der Waals surface area contributed by atoms with Gasteiger partial charge in [0.25, 0.3) is 5.91 Å². The summed E-state index contributed by atoms with van der Waals surface area (Å²) in [5.41, 5.74) is -0.810. The molecule has 0 spiro atoms. The molecule has 0 aliphatic rings. The Bertz CT molecular complexity index is 914. The van der Waals surface area contributed by atoms with E-state index in [1.165, 1.54) is 11.8 Å². The van der Waals surface area contributed by atoms with Gasteiger partial charge in [-0.15, -0.1) is 0 Å². The molecule has 1 N–H and O–H groups in total. The van der Waals surface area contributed by atoms with Gasteiger partial charge in [0.15, 0.2) is 6.61 Å². The molecular weight excluding hydrogens is 398 g/mol. The number of hydrogen-bond donors (Lipinski definition) is 1. The SMILES string of the molecule is CC(C)[C@](C)(C#N)NC(=O)COC(=O)c1cccnc1Sc1ccccc1Cl. The molecule has 0 aliphatic carbocycles. The molecule has 0 radical (unpaired) electrons. The average Bonchev–Trinajstić information content (AvgIpc) is 2.68. The van der Waals surface area contributed by atoms with Gasteiger partial charge < -0.3 is 10.1 Å². The highest BCUT2D eigenvalue weighted by molar-refractivity contribution is 7.99. The summed E-state index contributed by atoms with van der Waals surface area (Å²) in [7, 11) is 0. The van der Waals surface area contributed by atoms with E-state index < -0.39 is 24.0 Å². The van der Waals surface area contributed by atoms with Crippen LogP contribution in [-0.2, 0) is 9.53 Å². The van der Waals surface area contributed by atoms with Gasteiger partial charge in [0, 0.05) is 11.1 Å². The number of aromatic nitrogens is 1. The molecule has 28 heavy (non-hydrogen) atoms. The van der Waals surface area contributed by atoms with Gasteiger partial charge in [-0.25, -0.2) is 9.78 Å². The number of nitrogens with zero attached hydrogens (tertiary/aromatic N) is 2. The maximum Gasteiger partial charge on any atom is 0.341 e. The molecule has 6 nitrogen and oxygen atoms in total. The molecule has 2 aromatic rings. The number of carbonyl (C=O) groups excluding carboxylic acids is 2. The molecule has 1 aromatic heterocycles. The quantitative estimate of drug-likeness (QED) is 0.682. The van der Waals surface area contributed by atoms with Gasteiger partial charge >= 0.3 is 5.97 Å². The summed E-state index contributed by atoms with van der Waals surface area (Å²) >= 11 is 7.40. The van der Waals surface area contributed by atoms with Crippen LogP contribution in [0.5, 0.6) is 0 Å². The Kier molecular flexibility index (Phi) is 7.44. The van der Waals surface area contributed by atoms with Crippen molar-refractivity contribution in [3.8, 4) is 6.07 Å². The highest BCUT2D eigenvalue weighted by Crippen LogP contribution is 2.33. The Morgan fingerprint density at radius 3 is 2.68 bits per heavy atom. The summed E-state index contributed by atoms with van der Waals surface area (Å²) in [5.74, 6) is -1.33. The third-order valence-electron chi connectivity index (χ3n) is 4.15. The lowest BCUT2D eigenvalue weighted by Gasteiger charge is -2.27. The van der Waals surface area contributed by atoms with Crippen molar-refractivity contribution in [1.29, 1.82) is 5.26 Å². The Labute approximate surface area is 173 Å². The number of rotatable bonds is 7. The number of esters is 1. The molecule has 1 aromatic carbocycles. The molecule has 0 bridgehead atoms. The van der Waals surface area contributed by atoms with Crippen molar-refractivity contribution in [3.05, 3.63) is 53.2 Å². The molecule has 2 rings (SSSR count). The molecular formula is C20H20ClN3O3S. The molecule has 146 valence electrons. The molecule has 1 amide bonds. The first-order valence-corrected chi connectivity index (χ1v) is 9.73. The van der Waals surface area contributed by atoms with Gasteiger partial charge in [0.1, 0.15) is 10.6 Å². The average molecular weight is 418 g/mol. The zero-order valence-corrected chi connectivity index (χ0v) is 17.3. The van der Waals surface area contributed by atoms with E-state index in [0.717, 1.165) is 4.90 Å². The minimum absolute atomic E-state index is 0.103. The van der Waals surface area contributed by atoms with Crippen molar-refractivity contribution in [1.82, 2.24) is 10.3 Å². The Morgan fingerprint density at radius 2 is 2.04 bits per heavy atom. The molecule has 0 saturated carbocycles. The van der Waals surface area contributed by atoms with Gasteiger partial charge in [-0.1, -0.05) is 49.3 Å². The number of ether oxygens (including phenoxy) is 1. The molecule has 1 atom stereocenters. The predicted octanol–water partition coefficient (Wildman–Crippen LogP) is 4.10. The Hall–Kier alpha value is -2.56. The number of benzene rings is 1. The first-order valence-electron chi connectivity index (χ1n) is 8.53. The van der Waals surface area contributed by atoms with Crippen LogP contribution < -0.4 is 5.32 Å². The molecule has 0 saturated heterocycles. The van der Waals surface area contributed by atoms with Crippen LogP contribution in [0.3, 0.4) is 0 Å². The van der Waals surface area contributed by atoms with E-state index in [1.54, 1.807) is 31.3 Å². The van der Waals surface area contributed by atoms with Crippen LogP contribution in [0.2, 0.25) is 5.02 Å². The van der Waals surface area contributed by atoms with Crippen LogP contribution in [0.25, 0.3) is 0 Å². The summed E-state index contributed by atoms with van der Waals surface area (Å²) in [6, 6.07) is 12.5. The molecule has 0 unspecified atom stereocenters. The van der Waals surface area contributed by atoms with Gasteiger partial charge in [-0.3, -0.25) is 4.79 Å². The molecule has 1 heterocycles. The van der Waals surface area contributed by atoms with Crippen LogP contribution in [0.1, 0.15) is 31.1 Å². The number of halogens is 1. The van der Waals surface area contributed by atoms with E-state index in [9.17, 15) is 14.9 Å². The molecule has 0 aliphatic heterocycles. The van der Waals surface area contributed by atoms with Gasteiger partial charge in [-0.05, 0) is 37.1 Å². The minimum Gasteiger partial charge on any atom is -0.452 e. The second-order valence-corrected chi connectivity index (χ2v) is 7.92. The first kappa shape index (κ1) is 21.7. The second kappa shape index (κ2) is 9.58. The fourth-order valence-electron chi connectivity index (χ4n) is 2.10. The van der Waals surface area contributed by atoms with E-state index in [1.807, 2.05) is 32.0 Å². The van der Waals surface area contributed by atoms with E-state index in [2.05, 4.69) is 16.4 Å². The minimum atomic E-state index is -1.04. The van der Waals surface area contributed by atoms with Crippen LogP contribution in [0.4, 0.5) is 0 Å². The van der Waals surface area contributed by atoms with Crippen molar-refractivity contribution in [3.63, 3.8) is 0 Å². The van der Waals surface area contributed by atoms with Crippen LogP contribution >= 0.6 is 23.4 Å². The van der Waals surface area contributed by atoms with E-state index in [4.69, 9.17) is 16.3 Å². The van der Waals surface area contributed by atoms with Gasteiger partial charge in [-0.2, -0.15) is 5.26 Å². The fraction of sp³-hybridized carbons (Fsp3) is 0.300. The van der Waals surface area contributed by atoms with Crippen molar-refractivity contribution in [2.75, 3.05) is 6.61 Å². The lowest BCUT2D eigenvalue weighted by Crippen LogP contribution is -2.50. The van der Waals surface area contributed by atoms with Crippen molar-refractivity contribution in [2.24, 2.45) is 5.92 Å². The Balaban J connectivity index is 2.06. The Morgan fingerprint density at radius 1 is 1.32 bits per heavy atom. The third kappa shape index (κ3) is 5.47. The third-order valence-corrected chi connectivity index (χ3v) is 5.69. The highest BCUT2D eigenvalue weighted by atomic mass is 35.5. The smallest absolute Gasteiger partial charge is 0.341 e. The van der Waals surface area contributed by atoms with Crippen LogP contribution in [0.15, 0.2) is 52.5 Å². The largest absolute Gasteiger partial charge is 0.452 e. The zero-order chi connectivity index (χ0) is 20.7. The summed E-state index contributed by atoms with van der Waals surface area (Å²) in [4.78, 5) is 29.5. The summed E-state index contributed by atoms with van der Waals surface area (Å²) in [6.45, 7) is 4.78. The monoisotopic (exact) mass is 417 g/mol. The van der Waals surface area contributed by atoms with E-state index in [0.29, 0.717) is 10.0 Å². The normalized spacial score (nSPS) is 12.7. The summed E-state index contributed by atoms with van der Waals surface area (Å²) in [6.07, 6.45) is 1.56. The van der Waals surface area contributed by atoms with Crippen molar-refractivity contribution >= 4 is 35.2 Å². The van der Waals surface area contributed by atoms with Gasteiger partial charge in [0.05, 0.1) is 16.7 Å². The number of amides is 1.